The van der Waals surface area contributed by atoms with E-state index in [0.29, 0.717) is 16.5 Å². The molecule has 5 nitrogen and oxygen atoms in total. The van der Waals surface area contributed by atoms with Gasteiger partial charge in [-0.05, 0) is 29.3 Å². The Morgan fingerprint density at radius 2 is 1.81 bits per heavy atom. The summed E-state index contributed by atoms with van der Waals surface area (Å²) in [6.45, 7) is 0.220. The summed E-state index contributed by atoms with van der Waals surface area (Å²) < 4.78 is 0. The van der Waals surface area contributed by atoms with E-state index in [1.165, 1.54) is 4.90 Å². The van der Waals surface area contributed by atoms with Crippen molar-refractivity contribution in [2.45, 2.75) is 19.0 Å². The number of aromatic amines is 1. The molecule has 1 atom stereocenters. The molecule has 0 bridgehead atoms. The highest BCUT2D eigenvalue weighted by Gasteiger charge is 2.38. The second kappa shape index (κ2) is 6.67. The lowest BCUT2D eigenvalue weighted by Gasteiger charge is -2.13. The van der Waals surface area contributed by atoms with E-state index in [0.717, 1.165) is 22.0 Å². The van der Waals surface area contributed by atoms with Crippen LogP contribution in [0.15, 0.2) is 48.7 Å². The first-order valence-corrected chi connectivity index (χ1v) is 8.89. The van der Waals surface area contributed by atoms with Crippen molar-refractivity contribution < 1.29 is 9.59 Å². The first-order chi connectivity index (χ1) is 12.5. The Hall–Kier alpha value is -2.50. The molecular weight excluding hydrogens is 373 g/mol. The molecule has 1 aliphatic rings. The van der Waals surface area contributed by atoms with E-state index in [1.54, 1.807) is 30.3 Å². The minimum atomic E-state index is -0.590. The molecule has 1 saturated heterocycles. The quantitative estimate of drug-likeness (QED) is 0.660. The molecule has 26 heavy (non-hydrogen) atoms. The van der Waals surface area contributed by atoms with Gasteiger partial charge in [0.25, 0.3) is 5.91 Å². The summed E-state index contributed by atoms with van der Waals surface area (Å²) in [7, 11) is 0. The number of aromatic nitrogens is 1. The fraction of sp³-hybridized carbons (Fsp3) is 0.158. The van der Waals surface area contributed by atoms with Crippen LogP contribution in [0.25, 0.3) is 10.9 Å². The lowest BCUT2D eigenvalue weighted by Crippen LogP contribution is -2.32. The van der Waals surface area contributed by atoms with E-state index >= 15 is 0 Å². The molecule has 1 fully saturated rings. The first kappa shape index (κ1) is 16.9. The normalized spacial score (nSPS) is 17.2. The molecular formula is C19H15Cl2N3O2. The lowest BCUT2D eigenvalue weighted by molar-refractivity contribution is -0.127. The molecule has 7 heteroatoms. The van der Waals surface area contributed by atoms with Crippen LogP contribution in [0, 0.1) is 0 Å². The molecule has 3 amide bonds. The summed E-state index contributed by atoms with van der Waals surface area (Å²) in [5, 5.41) is 4.96. The van der Waals surface area contributed by atoms with Crippen LogP contribution in [0.5, 0.6) is 0 Å². The molecule has 1 aromatic heterocycles. The van der Waals surface area contributed by atoms with Gasteiger partial charge in [-0.3, -0.25) is 9.69 Å². The number of carbonyl (C=O) groups excluding carboxylic acids is 2. The van der Waals surface area contributed by atoms with Crippen LogP contribution in [0.1, 0.15) is 11.1 Å². The summed E-state index contributed by atoms with van der Waals surface area (Å²) in [6, 6.07) is 11.7. The number of amides is 3. The lowest BCUT2D eigenvalue weighted by atomic mass is 10.0. The molecule has 2 aromatic carbocycles. The minimum absolute atomic E-state index is 0.220. The van der Waals surface area contributed by atoms with Crippen LogP contribution in [0.3, 0.4) is 0 Å². The fourth-order valence-corrected chi connectivity index (χ4v) is 3.56. The monoisotopic (exact) mass is 387 g/mol. The summed E-state index contributed by atoms with van der Waals surface area (Å²) in [6.07, 6.45) is 2.24. The van der Waals surface area contributed by atoms with Gasteiger partial charge in [-0.15, -0.1) is 0 Å². The molecule has 0 saturated carbocycles. The van der Waals surface area contributed by atoms with Crippen molar-refractivity contribution in [2.75, 3.05) is 0 Å². The van der Waals surface area contributed by atoms with Gasteiger partial charge in [-0.25, -0.2) is 4.79 Å². The van der Waals surface area contributed by atoms with Crippen molar-refractivity contribution in [2.24, 2.45) is 0 Å². The number of carbonyl (C=O) groups is 2. The van der Waals surface area contributed by atoms with Crippen LogP contribution >= 0.6 is 23.2 Å². The van der Waals surface area contributed by atoms with E-state index in [9.17, 15) is 9.59 Å². The number of para-hydroxylation sites is 1. The van der Waals surface area contributed by atoms with Gasteiger partial charge in [-0.1, -0.05) is 47.5 Å². The van der Waals surface area contributed by atoms with Gasteiger partial charge in [-0.2, -0.15) is 0 Å². The van der Waals surface area contributed by atoms with Crippen molar-refractivity contribution in [1.29, 1.82) is 0 Å². The average Bonchev–Trinajstić information content (AvgIpc) is 3.15. The molecule has 1 aliphatic heterocycles. The van der Waals surface area contributed by atoms with Gasteiger partial charge in [0.2, 0.25) is 0 Å². The van der Waals surface area contributed by atoms with Crippen LogP contribution in [0.4, 0.5) is 4.79 Å². The second-order valence-electron chi connectivity index (χ2n) is 6.23. The predicted octanol–water partition coefficient (Wildman–Crippen LogP) is 4.14. The van der Waals surface area contributed by atoms with Crippen LogP contribution in [0.2, 0.25) is 10.0 Å². The Balaban J connectivity index is 1.53. The summed E-state index contributed by atoms with van der Waals surface area (Å²) in [5.74, 6) is -0.235. The molecule has 0 radical (unpaired) electrons. The van der Waals surface area contributed by atoms with E-state index in [2.05, 4.69) is 10.3 Å². The number of H-pyrrole nitrogens is 1. The van der Waals surface area contributed by atoms with Gasteiger partial charge < -0.3 is 10.3 Å². The van der Waals surface area contributed by atoms with Gasteiger partial charge >= 0.3 is 6.03 Å². The zero-order chi connectivity index (χ0) is 18.3. The van der Waals surface area contributed by atoms with Crippen molar-refractivity contribution in [3.05, 3.63) is 69.8 Å². The summed E-state index contributed by atoms with van der Waals surface area (Å²) in [5.41, 5.74) is 2.62. The van der Waals surface area contributed by atoms with Crippen molar-refractivity contribution in [3.63, 3.8) is 0 Å². The number of fused-ring (bicyclic) bond motifs is 1. The highest BCUT2D eigenvalue weighted by molar-refractivity contribution is 6.35. The van der Waals surface area contributed by atoms with E-state index < -0.39 is 6.04 Å². The Kier molecular flexibility index (Phi) is 4.34. The molecule has 2 N–H and O–H groups in total. The van der Waals surface area contributed by atoms with Gasteiger partial charge in [0.1, 0.15) is 6.04 Å². The van der Waals surface area contributed by atoms with Crippen molar-refractivity contribution >= 4 is 46.0 Å². The largest absolute Gasteiger partial charge is 0.360 e. The Morgan fingerprint density at radius 3 is 2.58 bits per heavy atom. The van der Waals surface area contributed by atoms with Crippen LogP contribution in [-0.2, 0) is 17.8 Å². The number of hydrogen-bond donors (Lipinski definition) is 2. The van der Waals surface area contributed by atoms with Crippen molar-refractivity contribution in [1.82, 2.24) is 15.2 Å². The molecule has 132 valence electrons. The summed E-state index contributed by atoms with van der Waals surface area (Å²) in [4.78, 5) is 29.3. The average molecular weight is 388 g/mol. The molecule has 0 unspecified atom stereocenters. The Labute approximate surface area is 159 Å². The molecule has 3 aromatic rings. The smallest absolute Gasteiger partial charge is 0.325 e. The van der Waals surface area contributed by atoms with E-state index in [4.69, 9.17) is 23.2 Å². The Bertz CT molecular complexity index is 998. The maximum atomic E-state index is 12.7. The number of nitrogens with one attached hydrogen (secondary N) is 2. The zero-order valence-electron chi connectivity index (χ0n) is 13.6. The molecule has 0 spiro atoms. The Morgan fingerprint density at radius 1 is 1.04 bits per heavy atom. The van der Waals surface area contributed by atoms with Crippen LogP contribution in [-0.4, -0.2) is 27.9 Å². The standard InChI is InChI=1S/C19H15Cl2N3O2/c20-13-6-4-11(5-7-13)10-24-18(25)16(23-19(24)26)8-12-9-22-17-14(12)2-1-3-15(17)21/h1-7,9,16,22H,8,10H2,(H,23,26)/t16-/m0/s1. The van der Waals surface area contributed by atoms with Gasteiger partial charge in [0.05, 0.1) is 17.1 Å². The topological polar surface area (TPSA) is 65.2 Å². The minimum Gasteiger partial charge on any atom is -0.360 e. The third-order valence-corrected chi connectivity index (χ3v) is 5.10. The van der Waals surface area contributed by atoms with Crippen LogP contribution < -0.4 is 5.32 Å². The van der Waals surface area contributed by atoms with Crippen molar-refractivity contribution in [3.8, 4) is 0 Å². The first-order valence-electron chi connectivity index (χ1n) is 8.14. The highest BCUT2D eigenvalue weighted by atomic mass is 35.5. The number of hydrogen-bond acceptors (Lipinski definition) is 2. The number of rotatable bonds is 4. The number of benzene rings is 2. The third-order valence-electron chi connectivity index (χ3n) is 4.54. The van der Waals surface area contributed by atoms with E-state index in [-0.39, 0.29) is 18.5 Å². The molecule has 0 aliphatic carbocycles. The van der Waals surface area contributed by atoms with Gasteiger partial charge in [0.15, 0.2) is 0 Å². The highest BCUT2D eigenvalue weighted by Crippen LogP contribution is 2.27. The number of halogens is 2. The fourth-order valence-electron chi connectivity index (χ4n) is 3.20. The second-order valence-corrected chi connectivity index (χ2v) is 7.08. The number of imide groups is 1. The third kappa shape index (κ3) is 3.04. The molecule has 2 heterocycles. The zero-order valence-corrected chi connectivity index (χ0v) is 15.1. The van der Waals surface area contributed by atoms with E-state index in [1.807, 2.05) is 18.3 Å². The SMILES string of the molecule is O=C1N[C@@H](Cc2c[nH]c3c(Cl)cccc23)C(=O)N1Cc1ccc(Cl)cc1. The summed E-state index contributed by atoms with van der Waals surface area (Å²) >= 11 is 12.1. The van der Waals surface area contributed by atoms with Gasteiger partial charge in [0, 0.05) is 23.0 Å². The predicted molar refractivity (Wildman–Crippen MR) is 101 cm³/mol. The maximum absolute atomic E-state index is 12.7. The molecule has 4 rings (SSSR count). The number of nitrogens with zero attached hydrogens (tertiary/aromatic N) is 1. The maximum Gasteiger partial charge on any atom is 0.325 e. The number of urea groups is 1.